The van der Waals surface area contributed by atoms with E-state index in [1.165, 1.54) is 5.56 Å². The molecule has 0 bridgehead atoms. The van der Waals surface area contributed by atoms with Gasteiger partial charge in [-0.3, -0.25) is 4.68 Å². The fourth-order valence-corrected chi connectivity index (χ4v) is 1.99. The third kappa shape index (κ3) is 5.23. The fourth-order valence-electron chi connectivity index (χ4n) is 1.99. The molecular weight excluding hydrogens is 262 g/mol. The van der Waals surface area contributed by atoms with Crippen LogP contribution in [0.4, 0.5) is 0 Å². The molecule has 0 amide bonds. The van der Waals surface area contributed by atoms with E-state index < -0.39 is 0 Å². The first-order valence-corrected chi connectivity index (χ1v) is 7.40. The zero-order chi connectivity index (χ0) is 15.3. The molecule has 1 aromatic carbocycles. The maximum absolute atomic E-state index is 5.91. The van der Waals surface area contributed by atoms with Gasteiger partial charge < -0.3 is 10.1 Å². The molecule has 0 aliphatic carbocycles. The van der Waals surface area contributed by atoms with Crippen molar-refractivity contribution >= 4 is 0 Å². The Hall–Kier alpha value is -1.81. The van der Waals surface area contributed by atoms with Crippen LogP contribution >= 0.6 is 0 Å². The average molecular weight is 287 g/mol. The maximum Gasteiger partial charge on any atom is 0.123 e. The van der Waals surface area contributed by atoms with Crippen molar-refractivity contribution in [3.63, 3.8) is 0 Å². The Balaban J connectivity index is 1.90. The number of nitrogens with one attached hydrogen (secondary N) is 1. The summed E-state index contributed by atoms with van der Waals surface area (Å²) in [7, 11) is 0. The minimum Gasteiger partial charge on any atom is -0.491 e. The second kappa shape index (κ2) is 6.76. The lowest BCUT2D eigenvalue weighted by Crippen LogP contribution is -2.35. The van der Waals surface area contributed by atoms with Crippen LogP contribution in [0.1, 0.15) is 32.0 Å². The Morgan fingerprint density at radius 1 is 1.19 bits per heavy atom. The van der Waals surface area contributed by atoms with Gasteiger partial charge in [0.1, 0.15) is 12.4 Å². The van der Waals surface area contributed by atoms with Crippen molar-refractivity contribution in [3.05, 3.63) is 47.8 Å². The van der Waals surface area contributed by atoms with Gasteiger partial charge in [0.15, 0.2) is 0 Å². The average Bonchev–Trinajstić information content (AvgIpc) is 2.82. The van der Waals surface area contributed by atoms with Gasteiger partial charge >= 0.3 is 0 Å². The van der Waals surface area contributed by atoms with Crippen LogP contribution in [0.3, 0.4) is 0 Å². The second-order valence-electron chi connectivity index (χ2n) is 6.28. The van der Waals surface area contributed by atoms with Gasteiger partial charge in [-0.1, -0.05) is 18.2 Å². The lowest BCUT2D eigenvalue weighted by Gasteiger charge is -2.21. The molecule has 2 rings (SSSR count). The van der Waals surface area contributed by atoms with E-state index in [0.717, 1.165) is 24.5 Å². The lowest BCUT2D eigenvalue weighted by atomic mass is 10.1. The van der Waals surface area contributed by atoms with Gasteiger partial charge in [-0.15, -0.1) is 0 Å². The number of benzene rings is 1. The smallest absolute Gasteiger partial charge is 0.123 e. The fraction of sp³-hybridized carbons (Fsp3) is 0.471. The molecule has 21 heavy (non-hydrogen) atoms. The van der Waals surface area contributed by atoms with Gasteiger partial charge in [0.2, 0.25) is 0 Å². The molecule has 0 atom stereocenters. The monoisotopic (exact) mass is 287 g/mol. The highest BCUT2D eigenvalue weighted by atomic mass is 16.5. The van der Waals surface area contributed by atoms with Crippen molar-refractivity contribution in [1.29, 1.82) is 0 Å². The molecule has 0 aliphatic rings. The summed E-state index contributed by atoms with van der Waals surface area (Å²) in [5.41, 5.74) is 2.31. The van der Waals surface area contributed by atoms with Gasteiger partial charge in [0.25, 0.3) is 0 Å². The summed E-state index contributed by atoms with van der Waals surface area (Å²) in [6.45, 7) is 10.7. The van der Waals surface area contributed by atoms with Crippen molar-refractivity contribution in [3.8, 4) is 5.75 Å². The third-order valence-electron chi connectivity index (χ3n) is 3.13. The Kier molecular flexibility index (Phi) is 5.02. The number of nitrogens with zero attached hydrogens (tertiary/aromatic N) is 2. The van der Waals surface area contributed by atoms with Crippen LogP contribution in [-0.4, -0.2) is 21.9 Å². The molecule has 0 saturated carbocycles. The predicted octanol–water partition coefficient (Wildman–Crippen LogP) is 3.16. The largest absolute Gasteiger partial charge is 0.491 e. The van der Waals surface area contributed by atoms with Crippen LogP contribution in [0.15, 0.2) is 36.5 Å². The van der Waals surface area contributed by atoms with E-state index in [1.807, 2.05) is 42.1 Å². The molecule has 1 heterocycles. The summed E-state index contributed by atoms with van der Waals surface area (Å²) in [5.74, 6) is 0.943. The van der Waals surface area contributed by atoms with Gasteiger partial charge in [0.05, 0.1) is 12.2 Å². The van der Waals surface area contributed by atoms with Crippen LogP contribution < -0.4 is 10.1 Å². The van der Waals surface area contributed by atoms with Crippen molar-refractivity contribution in [2.45, 2.75) is 46.3 Å². The number of rotatable bonds is 6. The zero-order valence-corrected chi connectivity index (χ0v) is 13.4. The number of hydrogen-bond acceptors (Lipinski definition) is 3. The van der Waals surface area contributed by atoms with E-state index in [-0.39, 0.29) is 5.54 Å². The number of aromatic nitrogens is 2. The lowest BCUT2D eigenvalue weighted by molar-refractivity contribution is 0.286. The second-order valence-corrected chi connectivity index (χ2v) is 6.28. The molecule has 4 heteroatoms. The van der Waals surface area contributed by atoms with Crippen molar-refractivity contribution in [2.24, 2.45) is 0 Å². The number of ether oxygens (including phenoxy) is 1. The van der Waals surface area contributed by atoms with Crippen LogP contribution in [0.25, 0.3) is 0 Å². The first-order chi connectivity index (χ1) is 9.94. The van der Waals surface area contributed by atoms with E-state index in [4.69, 9.17) is 4.74 Å². The summed E-state index contributed by atoms with van der Waals surface area (Å²) in [4.78, 5) is 0. The highest BCUT2D eigenvalue weighted by Gasteiger charge is 2.10. The van der Waals surface area contributed by atoms with E-state index in [2.05, 4.69) is 37.3 Å². The number of aryl methyl sites for hydroxylation is 1. The quantitative estimate of drug-likeness (QED) is 0.887. The Morgan fingerprint density at radius 3 is 2.62 bits per heavy atom. The molecular formula is C17H25N3O. The number of hydrogen-bond donors (Lipinski definition) is 1. The molecule has 0 aliphatic heterocycles. The topological polar surface area (TPSA) is 39.1 Å². The van der Waals surface area contributed by atoms with Gasteiger partial charge in [-0.25, -0.2) is 0 Å². The van der Waals surface area contributed by atoms with Crippen LogP contribution in [0.5, 0.6) is 5.75 Å². The first kappa shape index (κ1) is 15.6. The van der Waals surface area contributed by atoms with E-state index in [1.54, 1.807) is 0 Å². The Labute approximate surface area is 127 Å². The molecule has 0 radical (unpaired) electrons. The van der Waals surface area contributed by atoms with Crippen LogP contribution in [-0.2, 0) is 13.1 Å². The van der Waals surface area contributed by atoms with Crippen LogP contribution in [0, 0.1) is 6.92 Å². The van der Waals surface area contributed by atoms with Gasteiger partial charge in [-0.2, -0.15) is 5.10 Å². The summed E-state index contributed by atoms with van der Waals surface area (Å²) in [6, 6.07) is 10.2. The summed E-state index contributed by atoms with van der Waals surface area (Å²) >= 11 is 0. The molecule has 0 spiro atoms. The Bertz CT molecular complexity index is 569. The van der Waals surface area contributed by atoms with Crippen molar-refractivity contribution in [1.82, 2.24) is 15.1 Å². The standard InChI is InChI=1S/C17H25N3O/c1-14-9-10-20(19-14)11-12-21-16-8-6-5-7-15(16)13-18-17(2,3)4/h5-10,18H,11-13H2,1-4H3. The minimum absolute atomic E-state index is 0.0969. The molecule has 0 saturated heterocycles. The SMILES string of the molecule is Cc1ccn(CCOc2ccccc2CNC(C)(C)C)n1. The minimum atomic E-state index is 0.0969. The van der Waals surface area contributed by atoms with Crippen molar-refractivity contribution in [2.75, 3.05) is 6.61 Å². The normalized spacial score (nSPS) is 11.6. The highest BCUT2D eigenvalue weighted by Crippen LogP contribution is 2.18. The molecule has 1 N–H and O–H groups in total. The number of para-hydroxylation sites is 1. The maximum atomic E-state index is 5.91. The first-order valence-electron chi connectivity index (χ1n) is 7.40. The van der Waals surface area contributed by atoms with Crippen LogP contribution in [0.2, 0.25) is 0 Å². The van der Waals surface area contributed by atoms with E-state index in [0.29, 0.717) is 6.61 Å². The Morgan fingerprint density at radius 2 is 1.95 bits per heavy atom. The van der Waals surface area contributed by atoms with E-state index in [9.17, 15) is 0 Å². The summed E-state index contributed by atoms with van der Waals surface area (Å²) in [6.07, 6.45) is 1.98. The molecule has 1 aromatic heterocycles. The predicted molar refractivity (Wildman–Crippen MR) is 85.5 cm³/mol. The van der Waals surface area contributed by atoms with E-state index >= 15 is 0 Å². The highest BCUT2D eigenvalue weighted by molar-refractivity contribution is 5.33. The molecule has 2 aromatic rings. The third-order valence-corrected chi connectivity index (χ3v) is 3.13. The van der Waals surface area contributed by atoms with Gasteiger partial charge in [-0.05, 0) is 39.8 Å². The molecule has 114 valence electrons. The molecule has 0 fully saturated rings. The molecule has 0 unspecified atom stereocenters. The van der Waals surface area contributed by atoms with Gasteiger partial charge in [0, 0.05) is 23.8 Å². The zero-order valence-electron chi connectivity index (χ0n) is 13.4. The summed E-state index contributed by atoms with van der Waals surface area (Å²) < 4.78 is 7.82. The summed E-state index contributed by atoms with van der Waals surface area (Å²) in [5, 5.41) is 7.85. The van der Waals surface area contributed by atoms with Crippen molar-refractivity contribution < 1.29 is 4.74 Å². The molecule has 4 nitrogen and oxygen atoms in total.